The Kier molecular flexibility index (Phi) is 5.37. The molecule has 1 saturated heterocycles. The molecule has 7 nitrogen and oxygen atoms in total. The standard InChI is InChI=1S/C22H19ClN4O3/c1-27-12-11-18(26-27)22(30)24-14-7-5-13(6-8-14)15-3-2-4-16(20(15)23)17-9-10-19(28)25-21(17)29/h2-8,11-12,17H,9-10H2,1H3,(H,24,30)(H,25,28,29). The molecular formula is C22H19ClN4O3. The molecule has 30 heavy (non-hydrogen) atoms. The van der Waals surface area contributed by atoms with Gasteiger partial charge in [-0.1, -0.05) is 41.9 Å². The predicted molar refractivity (Wildman–Crippen MR) is 113 cm³/mol. The van der Waals surface area contributed by atoms with Gasteiger partial charge in [-0.3, -0.25) is 24.4 Å². The molecule has 1 atom stereocenters. The van der Waals surface area contributed by atoms with E-state index in [1.54, 1.807) is 36.1 Å². The Morgan fingerprint density at radius 2 is 1.93 bits per heavy atom. The maximum Gasteiger partial charge on any atom is 0.276 e. The smallest absolute Gasteiger partial charge is 0.276 e. The normalized spacial score (nSPS) is 16.3. The summed E-state index contributed by atoms with van der Waals surface area (Å²) in [5, 5.41) is 9.74. The van der Waals surface area contributed by atoms with Crippen LogP contribution in [0.25, 0.3) is 11.1 Å². The summed E-state index contributed by atoms with van der Waals surface area (Å²) in [6.07, 6.45) is 2.43. The van der Waals surface area contributed by atoms with Crippen LogP contribution in [0.2, 0.25) is 5.02 Å². The first-order chi connectivity index (χ1) is 14.4. The number of benzene rings is 2. The van der Waals surface area contributed by atoms with Crippen molar-refractivity contribution in [3.05, 3.63) is 71.0 Å². The number of hydrogen-bond donors (Lipinski definition) is 2. The third kappa shape index (κ3) is 3.97. The van der Waals surface area contributed by atoms with Crippen molar-refractivity contribution in [3.8, 4) is 11.1 Å². The van der Waals surface area contributed by atoms with Crippen molar-refractivity contribution in [2.24, 2.45) is 7.05 Å². The van der Waals surface area contributed by atoms with Gasteiger partial charge >= 0.3 is 0 Å². The van der Waals surface area contributed by atoms with Gasteiger partial charge in [0.15, 0.2) is 5.69 Å². The second-order valence-electron chi connectivity index (χ2n) is 7.12. The average Bonchev–Trinajstić information content (AvgIpc) is 3.16. The predicted octanol–water partition coefficient (Wildman–Crippen LogP) is 3.51. The van der Waals surface area contributed by atoms with E-state index in [4.69, 9.17) is 11.6 Å². The first-order valence-corrected chi connectivity index (χ1v) is 9.83. The zero-order valence-corrected chi connectivity index (χ0v) is 16.9. The first kappa shape index (κ1) is 19.8. The van der Waals surface area contributed by atoms with E-state index in [1.807, 2.05) is 30.3 Å². The van der Waals surface area contributed by atoms with Crippen LogP contribution >= 0.6 is 11.6 Å². The second kappa shape index (κ2) is 8.12. The highest BCUT2D eigenvalue weighted by Crippen LogP contribution is 2.37. The minimum Gasteiger partial charge on any atom is -0.321 e. The molecule has 2 heterocycles. The van der Waals surface area contributed by atoms with Crippen LogP contribution in [0.4, 0.5) is 5.69 Å². The van der Waals surface area contributed by atoms with Gasteiger partial charge in [-0.25, -0.2) is 0 Å². The van der Waals surface area contributed by atoms with Crippen molar-refractivity contribution in [1.82, 2.24) is 15.1 Å². The summed E-state index contributed by atoms with van der Waals surface area (Å²) in [7, 11) is 1.75. The molecule has 4 rings (SSSR count). The van der Waals surface area contributed by atoms with E-state index in [0.717, 1.165) is 11.1 Å². The van der Waals surface area contributed by atoms with Crippen molar-refractivity contribution < 1.29 is 14.4 Å². The number of anilines is 1. The highest BCUT2D eigenvalue weighted by atomic mass is 35.5. The summed E-state index contributed by atoms with van der Waals surface area (Å²) in [6.45, 7) is 0. The molecule has 152 valence electrons. The van der Waals surface area contributed by atoms with Crippen LogP contribution in [0.1, 0.15) is 34.8 Å². The lowest BCUT2D eigenvalue weighted by atomic mass is 9.88. The summed E-state index contributed by atoms with van der Waals surface area (Å²) in [4.78, 5) is 35.9. The molecule has 1 unspecified atom stereocenters. The zero-order valence-electron chi connectivity index (χ0n) is 16.2. The number of nitrogens with one attached hydrogen (secondary N) is 2. The minimum absolute atomic E-state index is 0.258. The molecule has 1 aliphatic heterocycles. The highest BCUT2D eigenvalue weighted by Gasteiger charge is 2.30. The Morgan fingerprint density at radius 1 is 1.17 bits per heavy atom. The van der Waals surface area contributed by atoms with Crippen molar-refractivity contribution in [3.63, 3.8) is 0 Å². The summed E-state index contributed by atoms with van der Waals surface area (Å²) in [5.74, 6) is -1.32. The maximum absolute atomic E-state index is 12.2. The summed E-state index contributed by atoms with van der Waals surface area (Å²) in [5.41, 5.74) is 3.30. The van der Waals surface area contributed by atoms with E-state index in [1.165, 1.54) is 0 Å². The number of halogens is 1. The van der Waals surface area contributed by atoms with E-state index < -0.39 is 5.92 Å². The molecule has 0 spiro atoms. The van der Waals surface area contributed by atoms with E-state index >= 15 is 0 Å². The van der Waals surface area contributed by atoms with E-state index in [9.17, 15) is 14.4 Å². The Morgan fingerprint density at radius 3 is 2.60 bits per heavy atom. The molecular weight excluding hydrogens is 404 g/mol. The van der Waals surface area contributed by atoms with Crippen LogP contribution in [0, 0.1) is 0 Å². The number of rotatable bonds is 4. The van der Waals surface area contributed by atoms with Crippen molar-refractivity contribution in [2.45, 2.75) is 18.8 Å². The van der Waals surface area contributed by atoms with Crippen LogP contribution in [0.5, 0.6) is 0 Å². The Hall–Kier alpha value is -3.45. The first-order valence-electron chi connectivity index (χ1n) is 9.46. The molecule has 8 heteroatoms. The van der Waals surface area contributed by atoms with Gasteiger partial charge < -0.3 is 5.32 Å². The second-order valence-corrected chi connectivity index (χ2v) is 7.50. The number of amides is 3. The van der Waals surface area contributed by atoms with Crippen LogP contribution in [-0.2, 0) is 16.6 Å². The number of carbonyl (C=O) groups excluding carboxylic acids is 3. The fourth-order valence-electron chi connectivity index (χ4n) is 3.50. The van der Waals surface area contributed by atoms with Gasteiger partial charge in [-0.2, -0.15) is 5.10 Å². The number of hydrogen-bond acceptors (Lipinski definition) is 4. The van der Waals surface area contributed by atoms with Crippen LogP contribution in [-0.4, -0.2) is 27.5 Å². The lowest BCUT2D eigenvalue weighted by Crippen LogP contribution is -2.39. The SMILES string of the molecule is Cn1ccc(C(=O)Nc2ccc(-c3cccc(C4CCC(=O)NC4=O)c3Cl)cc2)n1. The van der Waals surface area contributed by atoms with E-state index in [2.05, 4.69) is 15.7 Å². The maximum atomic E-state index is 12.2. The third-order valence-electron chi connectivity index (χ3n) is 5.04. The lowest BCUT2D eigenvalue weighted by Gasteiger charge is -2.23. The summed E-state index contributed by atoms with van der Waals surface area (Å²) in [6, 6.07) is 14.4. The van der Waals surface area contributed by atoms with Gasteiger partial charge in [0.25, 0.3) is 5.91 Å². The van der Waals surface area contributed by atoms with Gasteiger partial charge in [0.1, 0.15) is 0 Å². The molecule has 3 aromatic rings. The molecule has 2 aromatic carbocycles. The van der Waals surface area contributed by atoms with Crippen LogP contribution < -0.4 is 10.6 Å². The molecule has 3 amide bonds. The van der Waals surface area contributed by atoms with E-state index in [0.29, 0.717) is 34.8 Å². The zero-order chi connectivity index (χ0) is 21.3. The molecule has 0 aliphatic carbocycles. The quantitative estimate of drug-likeness (QED) is 0.629. The fraction of sp³-hybridized carbons (Fsp3) is 0.182. The number of carbonyl (C=O) groups is 3. The summed E-state index contributed by atoms with van der Waals surface area (Å²) < 4.78 is 1.56. The van der Waals surface area contributed by atoms with Crippen LogP contribution in [0.3, 0.4) is 0 Å². The van der Waals surface area contributed by atoms with Crippen molar-refractivity contribution in [2.75, 3.05) is 5.32 Å². The molecule has 0 bridgehead atoms. The molecule has 1 aromatic heterocycles. The number of aromatic nitrogens is 2. The van der Waals surface area contributed by atoms with Gasteiger partial charge in [0.05, 0.1) is 10.9 Å². The van der Waals surface area contributed by atoms with Crippen molar-refractivity contribution >= 4 is 35.0 Å². The molecule has 1 aliphatic rings. The average molecular weight is 423 g/mol. The molecule has 0 radical (unpaired) electrons. The number of piperidine rings is 1. The van der Waals surface area contributed by atoms with Gasteiger partial charge in [0, 0.05) is 30.9 Å². The van der Waals surface area contributed by atoms with E-state index in [-0.39, 0.29) is 17.7 Å². The molecule has 1 fully saturated rings. The largest absolute Gasteiger partial charge is 0.321 e. The number of imide groups is 1. The molecule has 2 N–H and O–H groups in total. The minimum atomic E-state index is -0.452. The monoisotopic (exact) mass is 422 g/mol. The van der Waals surface area contributed by atoms with Gasteiger partial charge in [-0.15, -0.1) is 0 Å². The lowest BCUT2D eigenvalue weighted by molar-refractivity contribution is -0.134. The topological polar surface area (TPSA) is 93.1 Å². The van der Waals surface area contributed by atoms with Gasteiger partial charge in [-0.05, 0) is 35.7 Å². The molecule has 0 saturated carbocycles. The number of aryl methyl sites for hydroxylation is 1. The Bertz CT molecular complexity index is 1140. The highest BCUT2D eigenvalue weighted by molar-refractivity contribution is 6.34. The Labute approximate surface area is 178 Å². The van der Waals surface area contributed by atoms with Crippen LogP contribution in [0.15, 0.2) is 54.7 Å². The van der Waals surface area contributed by atoms with Crippen molar-refractivity contribution in [1.29, 1.82) is 0 Å². The van der Waals surface area contributed by atoms with Gasteiger partial charge in [0.2, 0.25) is 11.8 Å². The number of nitrogens with zero attached hydrogens (tertiary/aromatic N) is 2. The summed E-state index contributed by atoms with van der Waals surface area (Å²) >= 11 is 6.64. The fourth-order valence-corrected chi connectivity index (χ4v) is 3.86. The third-order valence-corrected chi connectivity index (χ3v) is 5.47. The Balaban J connectivity index is 1.55.